The second-order valence-corrected chi connectivity index (χ2v) is 8.12. The van der Waals surface area contributed by atoms with Crippen LogP contribution >= 0.6 is 0 Å². The molecule has 0 aromatic heterocycles. The standard InChI is InChI=1S/C17H27N3O4S/c1-4-14(15-7-6-10-18-15)19-17(21)13-11-12(8-9-16(13)24-3)20-25(22,23)5-2/h8-9,11,14-15,18,20H,4-7,10H2,1-3H3,(H,19,21). The fourth-order valence-electron chi connectivity index (χ4n) is 2.99. The first-order chi connectivity index (χ1) is 11.9. The van der Waals surface area contributed by atoms with Crippen molar-refractivity contribution >= 4 is 21.6 Å². The van der Waals surface area contributed by atoms with Crippen molar-refractivity contribution in [2.75, 3.05) is 24.1 Å². The molecule has 1 aliphatic heterocycles. The minimum atomic E-state index is -3.41. The quantitative estimate of drug-likeness (QED) is 0.648. The zero-order valence-electron chi connectivity index (χ0n) is 15.0. The van der Waals surface area contributed by atoms with E-state index in [4.69, 9.17) is 4.74 Å². The van der Waals surface area contributed by atoms with Gasteiger partial charge in [0.2, 0.25) is 10.0 Å². The van der Waals surface area contributed by atoms with Crippen molar-refractivity contribution in [1.29, 1.82) is 0 Å². The summed E-state index contributed by atoms with van der Waals surface area (Å²) >= 11 is 0. The van der Waals surface area contributed by atoms with E-state index >= 15 is 0 Å². The number of carbonyl (C=O) groups excluding carboxylic acids is 1. The smallest absolute Gasteiger partial charge is 0.255 e. The van der Waals surface area contributed by atoms with Gasteiger partial charge in [-0.05, 0) is 50.9 Å². The molecular weight excluding hydrogens is 342 g/mol. The summed E-state index contributed by atoms with van der Waals surface area (Å²) in [4.78, 5) is 12.7. The molecular formula is C17H27N3O4S. The summed E-state index contributed by atoms with van der Waals surface area (Å²) in [5, 5.41) is 6.45. The van der Waals surface area contributed by atoms with Gasteiger partial charge >= 0.3 is 0 Å². The molecule has 0 saturated carbocycles. The molecule has 1 fully saturated rings. The van der Waals surface area contributed by atoms with Crippen molar-refractivity contribution in [2.45, 2.75) is 45.2 Å². The maximum atomic E-state index is 12.7. The minimum absolute atomic E-state index is 0.0238. The Labute approximate surface area is 149 Å². The predicted molar refractivity (Wildman–Crippen MR) is 98.6 cm³/mol. The van der Waals surface area contributed by atoms with Crippen LogP contribution in [0.15, 0.2) is 18.2 Å². The average Bonchev–Trinajstić information content (AvgIpc) is 3.13. The third-order valence-electron chi connectivity index (χ3n) is 4.44. The maximum absolute atomic E-state index is 12.7. The van der Waals surface area contributed by atoms with Gasteiger partial charge in [-0.2, -0.15) is 0 Å². The van der Waals surface area contributed by atoms with Crippen LogP contribution in [-0.2, 0) is 10.0 Å². The molecule has 2 atom stereocenters. The number of sulfonamides is 1. The van der Waals surface area contributed by atoms with Gasteiger partial charge in [0, 0.05) is 17.8 Å². The van der Waals surface area contributed by atoms with E-state index < -0.39 is 10.0 Å². The van der Waals surface area contributed by atoms with Crippen molar-refractivity contribution < 1.29 is 17.9 Å². The summed E-state index contributed by atoms with van der Waals surface area (Å²) in [7, 11) is -1.92. The predicted octanol–water partition coefficient (Wildman–Crippen LogP) is 1.72. The van der Waals surface area contributed by atoms with E-state index in [0.717, 1.165) is 25.8 Å². The molecule has 2 rings (SSSR count). The van der Waals surface area contributed by atoms with E-state index in [1.165, 1.54) is 13.2 Å². The molecule has 1 aliphatic rings. The molecule has 0 bridgehead atoms. The molecule has 0 radical (unpaired) electrons. The Morgan fingerprint density at radius 2 is 2.16 bits per heavy atom. The number of hydrogen-bond acceptors (Lipinski definition) is 5. The molecule has 140 valence electrons. The van der Waals surface area contributed by atoms with Gasteiger partial charge in [-0.1, -0.05) is 6.92 Å². The second-order valence-electron chi connectivity index (χ2n) is 6.11. The largest absolute Gasteiger partial charge is 0.496 e. The zero-order valence-corrected chi connectivity index (χ0v) is 15.8. The number of rotatable bonds is 8. The van der Waals surface area contributed by atoms with Crippen LogP contribution in [-0.4, -0.2) is 45.8 Å². The highest BCUT2D eigenvalue weighted by Crippen LogP contribution is 2.24. The molecule has 1 aromatic rings. The van der Waals surface area contributed by atoms with Gasteiger partial charge in [0.25, 0.3) is 5.91 Å². The van der Waals surface area contributed by atoms with Crippen molar-refractivity contribution in [1.82, 2.24) is 10.6 Å². The van der Waals surface area contributed by atoms with Gasteiger partial charge in [0.15, 0.2) is 0 Å². The molecule has 3 N–H and O–H groups in total. The highest BCUT2D eigenvalue weighted by molar-refractivity contribution is 7.92. The summed E-state index contributed by atoms with van der Waals surface area (Å²) in [5.41, 5.74) is 0.662. The summed E-state index contributed by atoms with van der Waals surface area (Å²) in [6.07, 6.45) is 2.95. The van der Waals surface area contributed by atoms with E-state index in [0.29, 0.717) is 17.0 Å². The number of methoxy groups -OCH3 is 1. The number of anilines is 1. The molecule has 1 heterocycles. The maximum Gasteiger partial charge on any atom is 0.255 e. The van der Waals surface area contributed by atoms with Crippen molar-refractivity contribution in [3.63, 3.8) is 0 Å². The van der Waals surface area contributed by atoms with E-state index in [2.05, 4.69) is 15.4 Å². The summed E-state index contributed by atoms with van der Waals surface area (Å²) in [5.74, 6) is 0.104. The van der Waals surface area contributed by atoms with Crippen LogP contribution < -0.4 is 20.1 Å². The Balaban J connectivity index is 2.21. The van der Waals surface area contributed by atoms with Gasteiger partial charge in [0.05, 0.1) is 18.4 Å². The molecule has 8 heteroatoms. The highest BCUT2D eigenvalue weighted by atomic mass is 32.2. The first-order valence-corrected chi connectivity index (χ1v) is 10.3. The number of ether oxygens (including phenoxy) is 1. The van der Waals surface area contributed by atoms with Gasteiger partial charge in [0.1, 0.15) is 5.75 Å². The Hall–Kier alpha value is -1.80. The lowest BCUT2D eigenvalue weighted by molar-refractivity contribution is 0.0924. The van der Waals surface area contributed by atoms with Crippen molar-refractivity contribution in [2.24, 2.45) is 0 Å². The van der Waals surface area contributed by atoms with E-state index in [1.807, 2.05) is 6.92 Å². The minimum Gasteiger partial charge on any atom is -0.496 e. The summed E-state index contributed by atoms with van der Waals surface area (Å²) in [6, 6.07) is 4.98. The molecule has 2 unspecified atom stereocenters. The average molecular weight is 369 g/mol. The van der Waals surface area contributed by atoms with Crippen LogP contribution in [0, 0.1) is 0 Å². The molecule has 7 nitrogen and oxygen atoms in total. The summed E-state index contributed by atoms with van der Waals surface area (Å²) in [6.45, 7) is 4.56. The Morgan fingerprint density at radius 1 is 1.40 bits per heavy atom. The van der Waals surface area contributed by atoms with E-state index in [9.17, 15) is 13.2 Å². The van der Waals surface area contributed by atoms with Crippen molar-refractivity contribution in [3.8, 4) is 5.75 Å². The highest BCUT2D eigenvalue weighted by Gasteiger charge is 2.26. The lowest BCUT2D eigenvalue weighted by atomic mass is 10.0. The number of nitrogens with one attached hydrogen (secondary N) is 3. The molecule has 0 aliphatic carbocycles. The number of amides is 1. The van der Waals surface area contributed by atoms with Crippen LogP contribution in [0.4, 0.5) is 5.69 Å². The number of hydrogen-bond donors (Lipinski definition) is 3. The Bertz CT molecular complexity index is 700. The topological polar surface area (TPSA) is 96.5 Å². The summed E-state index contributed by atoms with van der Waals surface area (Å²) < 4.78 is 31.2. The molecule has 1 aromatic carbocycles. The van der Waals surface area contributed by atoms with Gasteiger partial charge < -0.3 is 15.4 Å². The number of carbonyl (C=O) groups is 1. The first-order valence-electron chi connectivity index (χ1n) is 8.63. The molecule has 1 amide bonds. The molecule has 1 saturated heterocycles. The molecule has 0 spiro atoms. The van der Waals surface area contributed by atoms with Crippen LogP contribution in [0.2, 0.25) is 0 Å². The van der Waals surface area contributed by atoms with Crippen molar-refractivity contribution in [3.05, 3.63) is 23.8 Å². The SMILES string of the molecule is CCC(NC(=O)c1cc(NS(=O)(=O)CC)ccc1OC)C1CCCN1. The lowest BCUT2D eigenvalue weighted by Crippen LogP contribution is -2.47. The first kappa shape index (κ1) is 19.5. The lowest BCUT2D eigenvalue weighted by Gasteiger charge is -2.24. The Morgan fingerprint density at radius 3 is 2.72 bits per heavy atom. The van der Waals surface area contributed by atoms with E-state index in [-0.39, 0.29) is 23.7 Å². The van der Waals surface area contributed by atoms with Crippen LogP contribution in [0.5, 0.6) is 5.75 Å². The number of benzene rings is 1. The third kappa shape index (κ3) is 5.09. The van der Waals surface area contributed by atoms with Gasteiger partial charge in [-0.15, -0.1) is 0 Å². The normalized spacial score (nSPS) is 18.6. The Kier molecular flexibility index (Phi) is 6.66. The van der Waals surface area contributed by atoms with Gasteiger partial charge in [-0.25, -0.2) is 8.42 Å². The second kappa shape index (κ2) is 8.53. The fraction of sp³-hybridized carbons (Fsp3) is 0.588. The monoisotopic (exact) mass is 369 g/mol. The van der Waals surface area contributed by atoms with E-state index in [1.54, 1.807) is 19.1 Å². The van der Waals surface area contributed by atoms with Crippen LogP contribution in [0.25, 0.3) is 0 Å². The third-order valence-corrected chi connectivity index (χ3v) is 5.74. The van der Waals surface area contributed by atoms with Crippen LogP contribution in [0.3, 0.4) is 0 Å². The molecule has 25 heavy (non-hydrogen) atoms. The van der Waals surface area contributed by atoms with Gasteiger partial charge in [-0.3, -0.25) is 9.52 Å². The van der Waals surface area contributed by atoms with Crippen LogP contribution in [0.1, 0.15) is 43.5 Å². The fourth-order valence-corrected chi connectivity index (χ4v) is 3.62. The zero-order chi connectivity index (χ0) is 18.4.